The van der Waals surface area contributed by atoms with E-state index in [-0.39, 0.29) is 12.1 Å². The molecule has 0 N–H and O–H groups in total. The van der Waals surface area contributed by atoms with E-state index in [4.69, 9.17) is 4.42 Å². The molecule has 4 rings (SSSR count). The van der Waals surface area contributed by atoms with Gasteiger partial charge in [-0.1, -0.05) is 6.07 Å². The van der Waals surface area contributed by atoms with E-state index in [2.05, 4.69) is 4.98 Å². The average Bonchev–Trinajstić information content (AvgIpc) is 3.35. The highest BCUT2D eigenvalue weighted by Crippen LogP contribution is 2.40. The Morgan fingerprint density at radius 3 is 2.42 bits per heavy atom. The number of aromatic nitrogens is 1. The zero-order valence-corrected chi connectivity index (χ0v) is 14.2. The van der Waals surface area contributed by atoms with E-state index < -0.39 is 10.2 Å². The van der Waals surface area contributed by atoms with Crippen LogP contribution in [0.1, 0.15) is 49.2 Å². The minimum absolute atomic E-state index is 0.172. The fraction of sp³-hybridized carbons (Fsp3) is 0.471. The van der Waals surface area contributed by atoms with Crippen LogP contribution in [0.25, 0.3) is 0 Å². The maximum absolute atomic E-state index is 13.3. The monoisotopic (exact) mass is 347 g/mol. The number of pyridine rings is 1. The van der Waals surface area contributed by atoms with Crippen LogP contribution < -0.4 is 0 Å². The minimum Gasteiger partial charge on any atom is -0.468 e. The Balaban J connectivity index is 1.64. The van der Waals surface area contributed by atoms with Gasteiger partial charge in [-0.25, -0.2) is 0 Å². The molecule has 0 radical (unpaired) electrons. The molecular formula is C17H21N3O3S. The van der Waals surface area contributed by atoms with Crippen molar-refractivity contribution in [2.45, 2.75) is 37.8 Å². The molecule has 128 valence electrons. The molecule has 0 saturated carbocycles. The molecule has 4 heterocycles. The molecule has 0 spiro atoms. The highest BCUT2D eigenvalue weighted by molar-refractivity contribution is 7.86. The summed E-state index contributed by atoms with van der Waals surface area (Å²) in [6.07, 6.45) is 6.65. The summed E-state index contributed by atoms with van der Waals surface area (Å²) in [5.74, 6) is 0.727. The SMILES string of the molecule is O=S(=O)(N1CCC[C@@H]1c1ccco1)N1CCC[C@H]1c1ccccn1. The number of hydrogen-bond acceptors (Lipinski definition) is 4. The van der Waals surface area contributed by atoms with Gasteiger partial charge in [-0.15, -0.1) is 0 Å². The van der Waals surface area contributed by atoms with E-state index in [1.807, 2.05) is 30.3 Å². The Bertz CT molecular complexity index is 777. The second kappa shape index (κ2) is 6.31. The molecule has 0 aliphatic carbocycles. The molecule has 0 unspecified atom stereocenters. The third kappa shape index (κ3) is 2.66. The third-order valence-corrected chi connectivity index (χ3v) is 6.96. The first-order valence-corrected chi connectivity index (χ1v) is 9.80. The summed E-state index contributed by atoms with van der Waals surface area (Å²) in [6, 6.07) is 8.97. The molecule has 0 bridgehead atoms. The molecule has 6 nitrogen and oxygen atoms in total. The van der Waals surface area contributed by atoms with Crippen molar-refractivity contribution in [2.24, 2.45) is 0 Å². The van der Waals surface area contributed by atoms with Gasteiger partial charge in [0.05, 0.1) is 24.0 Å². The lowest BCUT2D eigenvalue weighted by molar-refractivity contribution is 0.293. The van der Waals surface area contributed by atoms with Crippen LogP contribution in [-0.2, 0) is 10.2 Å². The highest BCUT2D eigenvalue weighted by atomic mass is 32.2. The van der Waals surface area contributed by atoms with Crippen molar-refractivity contribution in [3.63, 3.8) is 0 Å². The fourth-order valence-electron chi connectivity index (χ4n) is 3.80. The highest BCUT2D eigenvalue weighted by Gasteiger charge is 2.44. The molecule has 2 fully saturated rings. The topological polar surface area (TPSA) is 66.7 Å². The van der Waals surface area contributed by atoms with Crippen molar-refractivity contribution in [1.82, 2.24) is 13.6 Å². The summed E-state index contributed by atoms with van der Waals surface area (Å²) in [5, 5.41) is 0. The molecule has 2 aromatic heterocycles. The maximum Gasteiger partial charge on any atom is 0.283 e. The van der Waals surface area contributed by atoms with Crippen LogP contribution in [-0.4, -0.2) is 35.1 Å². The van der Waals surface area contributed by atoms with Gasteiger partial charge in [0.1, 0.15) is 5.76 Å². The maximum atomic E-state index is 13.3. The van der Waals surface area contributed by atoms with Crippen molar-refractivity contribution in [1.29, 1.82) is 0 Å². The number of furan rings is 1. The molecule has 0 amide bonds. The minimum atomic E-state index is -3.54. The van der Waals surface area contributed by atoms with Gasteiger partial charge in [-0.05, 0) is 49.9 Å². The predicted molar refractivity (Wildman–Crippen MR) is 89.2 cm³/mol. The lowest BCUT2D eigenvalue weighted by atomic mass is 10.1. The van der Waals surface area contributed by atoms with Crippen LogP contribution >= 0.6 is 0 Å². The first-order valence-electron chi connectivity index (χ1n) is 8.41. The normalized spacial score (nSPS) is 26.2. The van der Waals surface area contributed by atoms with E-state index in [0.29, 0.717) is 13.1 Å². The Morgan fingerprint density at radius 1 is 1.00 bits per heavy atom. The van der Waals surface area contributed by atoms with Crippen molar-refractivity contribution in [2.75, 3.05) is 13.1 Å². The van der Waals surface area contributed by atoms with Crippen LogP contribution in [0.2, 0.25) is 0 Å². The Kier molecular flexibility index (Phi) is 4.15. The van der Waals surface area contributed by atoms with Crippen LogP contribution in [0.4, 0.5) is 0 Å². The van der Waals surface area contributed by atoms with Crippen LogP contribution in [0.3, 0.4) is 0 Å². The van der Waals surface area contributed by atoms with Crippen molar-refractivity contribution in [3.05, 3.63) is 54.2 Å². The van der Waals surface area contributed by atoms with E-state index in [1.54, 1.807) is 21.1 Å². The van der Waals surface area contributed by atoms with E-state index >= 15 is 0 Å². The molecular weight excluding hydrogens is 326 g/mol. The van der Waals surface area contributed by atoms with Crippen LogP contribution in [0.5, 0.6) is 0 Å². The molecule has 7 heteroatoms. The Labute approximate surface area is 142 Å². The summed E-state index contributed by atoms with van der Waals surface area (Å²) in [6.45, 7) is 1.09. The predicted octanol–water partition coefficient (Wildman–Crippen LogP) is 2.89. The number of hydrogen-bond donors (Lipinski definition) is 0. The van der Waals surface area contributed by atoms with Crippen molar-refractivity contribution < 1.29 is 12.8 Å². The average molecular weight is 347 g/mol. The smallest absolute Gasteiger partial charge is 0.283 e. The van der Waals surface area contributed by atoms with Gasteiger partial charge in [0, 0.05) is 19.3 Å². The molecule has 2 saturated heterocycles. The van der Waals surface area contributed by atoms with Gasteiger partial charge in [0.25, 0.3) is 10.2 Å². The second-order valence-corrected chi connectivity index (χ2v) is 8.15. The van der Waals surface area contributed by atoms with E-state index in [9.17, 15) is 8.42 Å². The molecule has 2 aromatic rings. The van der Waals surface area contributed by atoms with Gasteiger partial charge in [-0.3, -0.25) is 4.98 Å². The van der Waals surface area contributed by atoms with E-state index in [0.717, 1.165) is 37.1 Å². The van der Waals surface area contributed by atoms with Crippen molar-refractivity contribution >= 4 is 10.2 Å². The summed E-state index contributed by atoms with van der Waals surface area (Å²) in [5.41, 5.74) is 0.826. The van der Waals surface area contributed by atoms with Gasteiger partial charge < -0.3 is 4.42 Å². The summed E-state index contributed by atoms with van der Waals surface area (Å²) in [7, 11) is -3.54. The largest absolute Gasteiger partial charge is 0.468 e. The standard InChI is InChI=1S/C17H21N3O3S/c21-24(22,20-12-4-8-16(20)17-9-5-13-23-17)19-11-3-7-15(19)14-6-1-2-10-18-14/h1-2,5-6,9-10,13,15-16H,3-4,7-8,11-12H2/t15-,16+/m0/s1. The third-order valence-electron chi connectivity index (χ3n) is 4.90. The molecule has 2 aliphatic heterocycles. The van der Waals surface area contributed by atoms with Crippen molar-refractivity contribution in [3.8, 4) is 0 Å². The molecule has 2 aliphatic rings. The summed E-state index contributed by atoms with van der Waals surface area (Å²) in [4.78, 5) is 4.38. The lowest BCUT2D eigenvalue weighted by Crippen LogP contribution is -2.43. The Hall–Kier alpha value is -1.70. The summed E-state index contributed by atoms with van der Waals surface area (Å²) >= 11 is 0. The summed E-state index contributed by atoms with van der Waals surface area (Å²) < 4.78 is 35.3. The van der Waals surface area contributed by atoms with Crippen LogP contribution in [0.15, 0.2) is 47.2 Å². The van der Waals surface area contributed by atoms with Gasteiger partial charge >= 0.3 is 0 Å². The van der Waals surface area contributed by atoms with Crippen LogP contribution in [0, 0.1) is 0 Å². The molecule has 0 aromatic carbocycles. The Morgan fingerprint density at radius 2 is 1.75 bits per heavy atom. The fourth-order valence-corrected chi connectivity index (χ4v) is 5.86. The number of rotatable bonds is 4. The second-order valence-electron chi connectivity index (χ2n) is 6.32. The zero-order chi connectivity index (χ0) is 16.6. The molecule has 2 atom stereocenters. The quantitative estimate of drug-likeness (QED) is 0.853. The van der Waals surface area contributed by atoms with Gasteiger partial charge in [-0.2, -0.15) is 17.0 Å². The van der Waals surface area contributed by atoms with Gasteiger partial charge in [0.2, 0.25) is 0 Å². The van der Waals surface area contributed by atoms with E-state index in [1.165, 1.54) is 0 Å². The lowest BCUT2D eigenvalue weighted by Gasteiger charge is -2.31. The first kappa shape index (κ1) is 15.8. The zero-order valence-electron chi connectivity index (χ0n) is 13.4. The first-order chi connectivity index (χ1) is 11.7. The van der Waals surface area contributed by atoms with Gasteiger partial charge in [0.15, 0.2) is 0 Å². The number of nitrogens with zero attached hydrogens (tertiary/aromatic N) is 3. The molecule has 24 heavy (non-hydrogen) atoms.